The van der Waals surface area contributed by atoms with Crippen molar-refractivity contribution >= 4 is 17.3 Å². The SMILES string of the molecule is Cc1ccc2c(c1)NC(=O)C1(CCCCC1)N2C. The van der Waals surface area contributed by atoms with Crippen LogP contribution < -0.4 is 10.2 Å². The minimum Gasteiger partial charge on any atom is -0.359 e. The maximum absolute atomic E-state index is 12.5. The van der Waals surface area contributed by atoms with E-state index in [-0.39, 0.29) is 11.4 Å². The Kier molecular flexibility index (Phi) is 2.58. The zero-order chi connectivity index (χ0) is 12.8. The molecular weight excluding hydrogens is 224 g/mol. The van der Waals surface area contributed by atoms with Crippen LogP contribution in [0.25, 0.3) is 0 Å². The predicted molar refractivity (Wildman–Crippen MR) is 74.0 cm³/mol. The van der Waals surface area contributed by atoms with Gasteiger partial charge in [-0.15, -0.1) is 0 Å². The van der Waals surface area contributed by atoms with E-state index in [1.54, 1.807) is 0 Å². The zero-order valence-electron chi connectivity index (χ0n) is 11.1. The molecule has 0 unspecified atom stereocenters. The van der Waals surface area contributed by atoms with Crippen LogP contribution in [-0.4, -0.2) is 18.5 Å². The molecular formula is C15H20N2O. The van der Waals surface area contributed by atoms with E-state index in [2.05, 4.69) is 42.4 Å². The highest BCUT2D eigenvalue weighted by atomic mass is 16.2. The molecule has 1 N–H and O–H groups in total. The summed E-state index contributed by atoms with van der Waals surface area (Å²) in [6.45, 7) is 2.05. The normalized spacial score (nSPS) is 21.7. The molecule has 1 amide bonds. The Morgan fingerprint density at radius 3 is 2.67 bits per heavy atom. The van der Waals surface area contributed by atoms with Crippen molar-refractivity contribution in [3.8, 4) is 0 Å². The van der Waals surface area contributed by atoms with Gasteiger partial charge in [0.05, 0.1) is 11.4 Å². The topological polar surface area (TPSA) is 32.3 Å². The van der Waals surface area contributed by atoms with Gasteiger partial charge < -0.3 is 10.2 Å². The van der Waals surface area contributed by atoms with Crippen molar-refractivity contribution in [2.75, 3.05) is 17.3 Å². The second-order valence-electron chi connectivity index (χ2n) is 5.63. The number of carbonyl (C=O) groups is 1. The first-order chi connectivity index (χ1) is 8.63. The molecule has 0 saturated heterocycles. The van der Waals surface area contributed by atoms with Gasteiger partial charge >= 0.3 is 0 Å². The number of anilines is 2. The Hall–Kier alpha value is -1.51. The molecule has 1 heterocycles. The standard InChI is InChI=1S/C15H20N2O/c1-11-6-7-13-12(10-11)16-14(18)15(17(13)2)8-4-3-5-9-15/h6-7,10H,3-5,8-9H2,1-2H3,(H,16,18). The summed E-state index contributed by atoms with van der Waals surface area (Å²) in [7, 11) is 2.07. The van der Waals surface area contributed by atoms with Crippen LogP contribution in [0.2, 0.25) is 0 Å². The number of rotatable bonds is 0. The van der Waals surface area contributed by atoms with Crippen LogP contribution in [0.15, 0.2) is 18.2 Å². The van der Waals surface area contributed by atoms with Crippen LogP contribution in [0, 0.1) is 6.92 Å². The Morgan fingerprint density at radius 2 is 1.94 bits per heavy atom. The van der Waals surface area contributed by atoms with E-state index in [4.69, 9.17) is 0 Å². The van der Waals surface area contributed by atoms with Crippen LogP contribution in [0.5, 0.6) is 0 Å². The van der Waals surface area contributed by atoms with Crippen molar-refractivity contribution in [3.63, 3.8) is 0 Å². The van der Waals surface area contributed by atoms with Crippen LogP contribution in [0.1, 0.15) is 37.7 Å². The number of hydrogen-bond donors (Lipinski definition) is 1. The summed E-state index contributed by atoms with van der Waals surface area (Å²) in [5.74, 6) is 0.183. The number of nitrogens with one attached hydrogen (secondary N) is 1. The lowest BCUT2D eigenvalue weighted by atomic mass is 9.78. The van der Waals surface area contributed by atoms with Crippen molar-refractivity contribution in [2.24, 2.45) is 0 Å². The number of carbonyl (C=O) groups excluding carboxylic acids is 1. The molecule has 0 aromatic heterocycles. The molecule has 3 rings (SSSR count). The monoisotopic (exact) mass is 244 g/mol. The van der Waals surface area contributed by atoms with Crippen LogP contribution in [0.3, 0.4) is 0 Å². The van der Waals surface area contributed by atoms with E-state index in [0.29, 0.717) is 0 Å². The van der Waals surface area contributed by atoms with Gasteiger partial charge in [0.15, 0.2) is 0 Å². The molecule has 1 aromatic rings. The van der Waals surface area contributed by atoms with Crippen LogP contribution >= 0.6 is 0 Å². The third-order valence-electron chi connectivity index (χ3n) is 4.51. The number of likely N-dealkylation sites (N-methyl/N-ethyl adjacent to an activating group) is 1. The lowest BCUT2D eigenvalue weighted by molar-refractivity contribution is -0.122. The Morgan fingerprint density at radius 1 is 1.22 bits per heavy atom. The smallest absolute Gasteiger partial charge is 0.250 e. The van der Waals surface area contributed by atoms with Gasteiger partial charge in [0.2, 0.25) is 5.91 Å². The van der Waals surface area contributed by atoms with Gasteiger partial charge in [-0.2, -0.15) is 0 Å². The largest absolute Gasteiger partial charge is 0.359 e. The minimum absolute atomic E-state index is 0.183. The van der Waals surface area contributed by atoms with E-state index in [1.807, 2.05) is 0 Å². The van der Waals surface area contributed by atoms with Crippen molar-refractivity contribution in [3.05, 3.63) is 23.8 Å². The fraction of sp³-hybridized carbons (Fsp3) is 0.533. The molecule has 1 saturated carbocycles. The summed E-state index contributed by atoms with van der Waals surface area (Å²) in [5.41, 5.74) is 2.99. The Labute approximate surface area is 108 Å². The molecule has 1 aliphatic heterocycles. The van der Waals surface area contributed by atoms with E-state index in [1.165, 1.54) is 12.0 Å². The summed E-state index contributed by atoms with van der Waals surface area (Å²) in [6.07, 6.45) is 5.51. The summed E-state index contributed by atoms with van der Waals surface area (Å²) in [4.78, 5) is 14.7. The number of benzene rings is 1. The minimum atomic E-state index is -0.305. The average Bonchev–Trinajstić information content (AvgIpc) is 2.37. The third-order valence-corrected chi connectivity index (χ3v) is 4.51. The van der Waals surface area contributed by atoms with Gasteiger partial charge in [-0.1, -0.05) is 25.3 Å². The van der Waals surface area contributed by atoms with Crippen molar-refractivity contribution in [1.29, 1.82) is 0 Å². The molecule has 3 nitrogen and oxygen atoms in total. The number of fused-ring (bicyclic) bond motifs is 1. The van der Waals surface area contributed by atoms with E-state index >= 15 is 0 Å². The quantitative estimate of drug-likeness (QED) is 0.760. The third kappa shape index (κ3) is 1.53. The first kappa shape index (κ1) is 11.6. The number of nitrogens with zero attached hydrogens (tertiary/aromatic N) is 1. The molecule has 0 atom stereocenters. The first-order valence-electron chi connectivity index (χ1n) is 6.79. The van der Waals surface area contributed by atoms with Crippen LogP contribution in [0.4, 0.5) is 11.4 Å². The van der Waals surface area contributed by atoms with E-state index < -0.39 is 0 Å². The Bertz CT molecular complexity index is 489. The zero-order valence-corrected chi connectivity index (χ0v) is 11.1. The van der Waals surface area contributed by atoms with Gasteiger partial charge in [0.1, 0.15) is 5.54 Å². The fourth-order valence-electron chi connectivity index (χ4n) is 3.36. The van der Waals surface area contributed by atoms with E-state index in [9.17, 15) is 4.79 Å². The molecule has 1 spiro atoms. The first-order valence-corrected chi connectivity index (χ1v) is 6.79. The number of hydrogen-bond acceptors (Lipinski definition) is 2. The van der Waals surface area contributed by atoms with Gasteiger partial charge in [-0.05, 0) is 37.5 Å². The summed E-state index contributed by atoms with van der Waals surface area (Å²) >= 11 is 0. The highest BCUT2D eigenvalue weighted by Gasteiger charge is 2.46. The average molecular weight is 244 g/mol. The molecule has 2 aliphatic rings. The number of amides is 1. The van der Waals surface area contributed by atoms with Crippen LogP contribution in [-0.2, 0) is 4.79 Å². The summed E-state index contributed by atoms with van der Waals surface area (Å²) in [6, 6.07) is 6.29. The lowest BCUT2D eigenvalue weighted by Gasteiger charge is -2.48. The molecule has 1 fully saturated rings. The molecule has 0 radical (unpaired) electrons. The highest BCUT2D eigenvalue weighted by molar-refractivity contribution is 6.06. The molecule has 3 heteroatoms. The maximum Gasteiger partial charge on any atom is 0.250 e. The van der Waals surface area contributed by atoms with Crippen molar-refractivity contribution in [2.45, 2.75) is 44.6 Å². The summed E-state index contributed by atoms with van der Waals surface area (Å²) < 4.78 is 0. The molecule has 1 aliphatic carbocycles. The molecule has 18 heavy (non-hydrogen) atoms. The summed E-state index contributed by atoms with van der Waals surface area (Å²) in [5, 5.41) is 3.11. The van der Waals surface area contributed by atoms with Gasteiger partial charge in [-0.3, -0.25) is 4.79 Å². The number of aryl methyl sites for hydroxylation is 1. The van der Waals surface area contributed by atoms with E-state index in [0.717, 1.165) is 37.1 Å². The van der Waals surface area contributed by atoms with Gasteiger partial charge in [-0.25, -0.2) is 0 Å². The molecule has 0 bridgehead atoms. The van der Waals surface area contributed by atoms with Gasteiger partial charge in [0.25, 0.3) is 0 Å². The highest BCUT2D eigenvalue weighted by Crippen LogP contribution is 2.43. The lowest BCUT2D eigenvalue weighted by Crippen LogP contribution is -2.59. The van der Waals surface area contributed by atoms with Gasteiger partial charge in [0, 0.05) is 7.05 Å². The Balaban J connectivity index is 2.06. The van der Waals surface area contributed by atoms with Crippen molar-refractivity contribution < 1.29 is 4.79 Å². The fourth-order valence-corrected chi connectivity index (χ4v) is 3.36. The molecule has 1 aromatic carbocycles. The van der Waals surface area contributed by atoms with Crippen molar-refractivity contribution in [1.82, 2.24) is 0 Å². The predicted octanol–water partition coefficient (Wildman–Crippen LogP) is 3.09. The maximum atomic E-state index is 12.5. The second-order valence-corrected chi connectivity index (χ2v) is 5.63. The molecule has 96 valence electrons. The second kappa shape index (κ2) is 4.01.